The second-order valence-corrected chi connectivity index (χ2v) is 12.4. The van der Waals surface area contributed by atoms with Gasteiger partial charge in [-0.15, -0.1) is 0 Å². The molecule has 0 spiro atoms. The molecule has 2 aromatic carbocycles. The van der Waals surface area contributed by atoms with E-state index in [4.69, 9.17) is 14.9 Å². The quantitative estimate of drug-likeness (QED) is 0.141. The first-order valence-electron chi connectivity index (χ1n) is 15.0. The van der Waals surface area contributed by atoms with E-state index in [1.807, 2.05) is 0 Å². The standard InChI is InChI=1S/C35H32F2N6O6/c1-34(2,3)32(46)49-26-11-9-24(21(15-38)16-39-4)40-29(26)22-8-6-19(14-23(22)36)12-13-35(31(45)41-33(47)42-35)18-43-17-20-7-10-25(48-5)28(37)27(20)30(43)44/h6-11,14-16,21,38H,17-18H2,1-5H3,(H2,41,42,45,47). The Labute approximate surface area is 280 Å². The molecule has 252 valence electrons. The fourth-order valence-corrected chi connectivity index (χ4v) is 5.20. The molecule has 5 rings (SSSR count). The number of pyridine rings is 1. The van der Waals surface area contributed by atoms with Crippen LogP contribution in [0.15, 0.2) is 47.5 Å². The fourth-order valence-electron chi connectivity index (χ4n) is 5.20. The van der Waals surface area contributed by atoms with E-state index < -0.39 is 58.9 Å². The Bertz CT molecular complexity index is 2000. The van der Waals surface area contributed by atoms with Crippen molar-refractivity contribution in [1.29, 1.82) is 5.41 Å². The van der Waals surface area contributed by atoms with E-state index in [9.17, 15) is 23.6 Å². The molecule has 12 nitrogen and oxygen atoms in total. The Morgan fingerprint density at radius 1 is 1.16 bits per heavy atom. The van der Waals surface area contributed by atoms with E-state index in [0.717, 1.165) is 12.3 Å². The summed E-state index contributed by atoms with van der Waals surface area (Å²) in [5, 5.41) is 12.3. The fraction of sp³-hybridized carbons (Fsp3) is 0.286. The van der Waals surface area contributed by atoms with Crippen LogP contribution in [0.25, 0.3) is 11.3 Å². The number of urea groups is 1. The minimum absolute atomic E-state index is 0.00154. The van der Waals surface area contributed by atoms with E-state index in [0.29, 0.717) is 11.3 Å². The number of aliphatic imine (C=N–C) groups is 1. The lowest BCUT2D eigenvalue weighted by atomic mass is 9.97. The first-order valence-corrected chi connectivity index (χ1v) is 15.0. The molecule has 0 radical (unpaired) electrons. The summed E-state index contributed by atoms with van der Waals surface area (Å²) in [5.74, 6) is 0.875. The van der Waals surface area contributed by atoms with Gasteiger partial charge in [0.2, 0.25) is 5.54 Å². The summed E-state index contributed by atoms with van der Waals surface area (Å²) in [7, 11) is 2.81. The van der Waals surface area contributed by atoms with Crippen molar-refractivity contribution in [2.24, 2.45) is 10.4 Å². The van der Waals surface area contributed by atoms with Crippen molar-refractivity contribution < 1.29 is 37.4 Å². The lowest BCUT2D eigenvalue weighted by Crippen LogP contribution is -2.54. The number of rotatable bonds is 8. The van der Waals surface area contributed by atoms with E-state index in [1.54, 1.807) is 33.9 Å². The van der Waals surface area contributed by atoms with Crippen LogP contribution < -0.4 is 20.1 Å². The van der Waals surface area contributed by atoms with Crippen molar-refractivity contribution in [1.82, 2.24) is 20.5 Å². The highest BCUT2D eigenvalue weighted by Crippen LogP contribution is 2.34. The SMILES string of the molecule is CN=CC(C=N)c1ccc(OC(=O)C(C)(C)C)c(-c2ccc(C#CC3(CN4Cc5ccc(OC)c(F)c5C4=O)NC(=O)NC3=O)cc2F)n1. The van der Waals surface area contributed by atoms with Crippen molar-refractivity contribution in [3.8, 4) is 34.6 Å². The zero-order valence-corrected chi connectivity index (χ0v) is 27.2. The number of aromatic nitrogens is 1. The topological polar surface area (TPSA) is 163 Å². The molecule has 0 bridgehead atoms. The predicted molar refractivity (Wildman–Crippen MR) is 175 cm³/mol. The van der Waals surface area contributed by atoms with Gasteiger partial charge in [-0.05, 0) is 62.7 Å². The molecule has 0 saturated carbocycles. The lowest BCUT2D eigenvalue weighted by molar-refractivity contribution is -0.143. The van der Waals surface area contributed by atoms with E-state index in [-0.39, 0.29) is 40.4 Å². The summed E-state index contributed by atoms with van der Waals surface area (Å²) < 4.78 is 41.4. The molecule has 3 heterocycles. The van der Waals surface area contributed by atoms with Crippen molar-refractivity contribution in [3.05, 3.63) is 76.5 Å². The zero-order chi connectivity index (χ0) is 35.7. The molecule has 1 aromatic heterocycles. The number of amides is 4. The minimum Gasteiger partial charge on any atom is -0.494 e. The average molecular weight is 671 g/mol. The molecule has 49 heavy (non-hydrogen) atoms. The van der Waals surface area contributed by atoms with Crippen LogP contribution in [0.1, 0.15) is 53.9 Å². The molecule has 2 aliphatic heterocycles. The summed E-state index contributed by atoms with van der Waals surface area (Å²) in [6, 6.07) is 8.98. The highest BCUT2D eigenvalue weighted by Gasteiger charge is 2.49. The highest BCUT2D eigenvalue weighted by molar-refractivity contribution is 6.10. The number of esters is 1. The van der Waals surface area contributed by atoms with Gasteiger partial charge in [0.15, 0.2) is 17.3 Å². The van der Waals surface area contributed by atoms with E-state index in [2.05, 4.69) is 32.5 Å². The Balaban J connectivity index is 1.50. The second kappa shape index (κ2) is 13.3. The minimum atomic E-state index is -1.93. The summed E-state index contributed by atoms with van der Waals surface area (Å²) in [6.07, 6.45) is 2.61. The monoisotopic (exact) mass is 670 g/mol. The molecule has 14 heteroatoms. The van der Waals surface area contributed by atoms with Gasteiger partial charge < -0.3 is 25.1 Å². The van der Waals surface area contributed by atoms with E-state index in [1.165, 1.54) is 48.6 Å². The van der Waals surface area contributed by atoms with Crippen molar-refractivity contribution in [2.75, 3.05) is 20.7 Å². The van der Waals surface area contributed by atoms with Crippen LogP contribution in [0.5, 0.6) is 11.5 Å². The lowest BCUT2D eigenvalue weighted by Gasteiger charge is -2.26. The number of hydrogen-bond donors (Lipinski definition) is 3. The summed E-state index contributed by atoms with van der Waals surface area (Å²) >= 11 is 0. The highest BCUT2D eigenvalue weighted by atomic mass is 19.1. The maximum atomic E-state index is 15.8. The number of nitrogens with one attached hydrogen (secondary N) is 3. The molecule has 2 aliphatic rings. The van der Waals surface area contributed by atoms with Crippen LogP contribution in [0.3, 0.4) is 0 Å². The smallest absolute Gasteiger partial charge is 0.323 e. The Morgan fingerprint density at radius 3 is 2.51 bits per heavy atom. The molecular weight excluding hydrogens is 638 g/mol. The molecule has 3 aromatic rings. The van der Waals surface area contributed by atoms with Crippen LogP contribution in [0.4, 0.5) is 13.6 Å². The molecule has 1 fully saturated rings. The second-order valence-electron chi connectivity index (χ2n) is 12.4. The van der Waals surface area contributed by atoms with Crippen LogP contribution in [-0.2, 0) is 16.1 Å². The average Bonchev–Trinajstić information content (AvgIpc) is 3.52. The van der Waals surface area contributed by atoms with Gasteiger partial charge in [-0.25, -0.2) is 18.6 Å². The van der Waals surface area contributed by atoms with Gasteiger partial charge in [-0.1, -0.05) is 17.9 Å². The van der Waals surface area contributed by atoms with Crippen LogP contribution in [0.2, 0.25) is 0 Å². The summed E-state index contributed by atoms with van der Waals surface area (Å²) in [4.78, 5) is 60.9. The Hall–Kier alpha value is -5.97. The largest absolute Gasteiger partial charge is 0.494 e. The Kier molecular flexibility index (Phi) is 9.30. The number of hydrogen-bond acceptors (Lipinski definition) is 9. The Morgan fingerprint density at radius 2 is 1.90 bits per heavy atom. The molecule has 3 N–H and O–H groups in total. The van der Waals surface area contributed by atoms with Gasteiger partial charge >= 0.3 is 12.0 Å². The number of ether oxygens (including phenoxy) is 2. The molecular formula is C35H32F2N6O6. The van der Waals surface area contributed by atoms with Gasteiger partial charge in [0, 0.05) is 37.1 Å². The molecule has 2 unspecified atom stereocenters. The van der Waals surface area contributed by atoms with Crippen molar-refractivity contribution >= 4 is 36.2 Å². The van der Waals surface area contributed by atoms with Gasteiger partial charge in [-0.2, -0.15) is 0 Å². The third kappa shape index (κ3) is 6.73. The summed E-state index contributed by atoms with van der Waals surface area (Å²) in [6.45, 7) is 4.52. The normalized spacial score (nSPS) is 17.6. The van der Waals surface area contributed by atoms with E-state index >= 15 is 4.39 Å². The van der Waals surface area contributed by atoms with Crippen LogP contribution in [0, 0.1) is 34.3 Å². The zero-order valence-electron chi connectivity index (χ0n) is 27.2. The number of imide groups is 1. The van der Waals surface area contributed by atoms with Gasteiger partial charge in [0.25, 0.3) is 11.8 Å². The number of carbonyl (C=O) groups excluding carboxylic acids is 4. The third-order valence-electron chi connectivity index (χ3n) is 7.81. The number of benzene rings is 2. The molecule has 0 aliphatic carbocycles. The van der Waals surface area contributed by atoms with Gasteiger partial charge in [0.05, 0.1) is 36.2 Å². The number of nitrogens with zero attached hydrogens (tertiary/aromatic N) is 3. The van der Waals surface area contributed by atoms with Crippen molar-refractivity contribution in [2.45, 2.75) is 38.8 Å². The maximum Gasteiger partial charge on any atom is 0.323 e. The number of methoxy groups -OCH3 is 1. The van der Waals surface area contributed by atoms with Gasteiger partial charge in [-0.3, -0.25) is 24.7 Å². The number of halogens is 2. The summed E-state index contributed by atoms with van der Waals surface area (Å²) in [5.41, 5.74) is -2.23. The van der Waals surface area contributed by atoms with Crippen molar-refractivity contribution in [3.63, 3.8) is 0 Å². The molecule has 2 atom stereocenters. The predicted octanol–water partition coefficient (Wildman–Crippen LogP) is 4.01. The van der Waals surface area contributed by atoms with Crippen LogP contribution in [-0.4, -0.2) is 72.4 Å². The maximum absolute atomic E-state index is 15.8. The first-order chi connectivity index (χ1) is 23.2. The molecule has 4 amide bonds. The number of carbonyl (C=O) groups is 4. The number of fused-ring (bicyclic) bond motifs is 1. The van der Waals surface area contributed by atoms with Crippen LogP contribution >= 0.6 is 0 Å². The first kappa shape index (κ1) is 34.4. The third-order valence-corrected chi connectivity index (χ3v) is 7.81. The van der Waals surface area contributed by atoms with Gasteiger partial charge in [0.1, 0.15) is 11.5 Å². The molecule has 1 saturated heterocycles.